The van der Waals surface area contributed by atoms with Gasteiger partial charge in [-0.15, -0.1) is 23.5 Å². The van der Waals surface area contributed by atoms with E-state index in [1.54, 1.807) is 23.5 Å². The molecule has 0 heterocycles. The molecular formula is C16H32O2S2. The molecule has 4 heteroatoms. The maximum atomic E-state index is 11.2. The van der Waals surface area contributed by atoms with Crippen molar-refractivity contribution >= 4 is 29.5 Å². The summed E-state index contributed by atoms with van der Waals surface area (Å²) in [6, 6.07) is 0. The Morgan fingerprint density at radius 1 is 0.800 bits per heavy atom. The molecule has 0 aliphatic carbocycles. The summed E-state index contributed by atoms with van der Waals surface area (Å²) in [6.45, 7) is 4.43. The molecular weight excluding hydrogens is 288 g/mol. The highest BCUT2D eigenvalue weighted by atomic mass is 32.2. The summed E-state index contributed by atoms with van der Waals surface area (Å²) in [4.78, 5) is 11.2. The SMILES string of the molecule is CCCCCCCSC(SCCCCCCC)C(=O)O. The van der Waals surface area contributed by atoms with Gasteiger partial charge in [-0.2, -0.15) is 0 Å². The first-order valence-electron chi connectivity index (χ1n) is 8.18. The Labute approximate surface area is 133 Å². The second-order valence-electron chi connectivity index (χ2n) is 5.24. The Kier molecular flexibility index (Phi) is 15.7. The fourth-order valence-corrected chi connectivity index (χ4v) is 4.40. The van der Waals surface area contributed by atoms with Gasteiger partial charge in [-0.05, 0) is 24.3 Å². The maximum absolute atomic E-state index is 11.2. The Bertz CT molecular complexity index is 207. The van der Waals surface area contributed by atoms with Crippen molar-refractivity contribution in [1.82, 2.24) is 0 Å². The van der Waals surface area contributed by atoms with Gasteiger partial charge in [0.1, 0.15) is 4.58 Å². The number of hydrogen-bond acceptors (Lipinski definition) is 3. The van der Waals surface area contributed by atoms with Crippen LogP contribution in [0, 0.1) is 0 Å². The van der Waals surface area contributed by atoms with E-state index in [0.29, 0.717) is 0 Å². The van der Waals surface area contributed by atoms with E-state index in [-0.39, 0.29) is 4.58 Å². The molecule has 0 bridgehead atoms. The third-order valence-corrected chi connectivity index (χ3v) is 6.11. The van der Waals surface area contributed by atoms with Gasteiger partial charge in [-0.1, -0.05) is 65.2 Å². The smallest absolute Gasteiger partial charge is 0.326 e. The van der Waals surface area contributed by atoms with Crippen molar-refractivity contribution in [3.8, 4) is 0 Å². The monoisotopic (exact) mass is 320 g/mol. The van der Waals surface area contributed by atoms with E-state index in [0.717, 1.165) is 24.3 Å². The zero-order chi connectivity index (χ0) is 15.1. The van der Waals surface area contributed by atoms with E-state index in [1.807, 2.05) is 0 Å². The predicted molar refractivity (Wildman–Crippen MR) is 93.9 cm³/mol. The second kappa shape index (κ2) is 15.6. The van der Waals surface area contributed by atoms with Crippen LogP contribution in [0.4, 0.5) is 0 Å². The van der Waals surface area contributed by atoms with Gasteiger partial charge in [-0.25, -0.2) is 0 Å². The zero-order valence-corrected chi connectivity index (χ0v) is 14.9. The lowest BCUT2D eigenvalue weighted by Crippen LogP contribution is -2.13. The molecule has 0 fully saturated rings. The first kappa shape index (κ1) is 20.2. The Morgan fingerprint density at radius 2 is 1.20 bits per heavy atom. The molecule has 0 aromatic rings. The van der Waals surface area contributed by atoms with Crippen LogP contribution in [0.1, 0.15) is 78.1 Å². The lowest BCUT2D eigenvalue weighted by Gasteiger charge is -2.11. The highest BCUT2D eigenvalue weighted by Gasteiger charge is 2.17. The fraction of sp³-hybridized carbons (Fsp3) is 0.938. The normalized spacial score (nSPS) is 11.2. The summed E-state index contributed by atoms with van der Waals surface area (Å²) >= 11 is 3.24. The van der Waals surface area contributed by atoms with Crippen molar-refractivity contribution in [3.63, 3.8) is 0 Å². The molecule has 0 aromatic carbocycles. The molecule has 20 heavy (non-hydrogen) atoms. The molecule has 0 atom stereocenters. The lowest BCUT2D eigenvalue weighted by atomic mass is 10.2. The van der Waals surface area contributed by atoms with Crippen molar-refractivity contribution in [2.75, 3.05) is 11.5 Å². The molecule has 0 rings (SSSR count). The molecule has 120 valence electrons. The van der Waals surface area contributed by atoms with Crippen LogP contribution in [0.25, 0.3) is 0 Å². The lowest BCUT2D eigenvalue weighted by molar-refractivity contribution is -0.134. The fourth-order valence-electron chi connectivity index (χ4n) is 1.98. The number of aliphatic carboxylic acids is 1. The Hall–Kier alpha value is 0.170. The quantitative estimate of drug-likeness (QED) is 0.305. The van der Waals surface area contributed by atoms with Crippen molar-refractivity contribution in [2.24, 2.45) is 0 Å². The average molecular weight is 321 g/mol. The van der Waals surface area contributed by atoms with Gasteiger partial charge in [0.25, 0.3) is 0 Å². The molecule has 0 aromatic heterocycles. The van der Waals surface area contributed by atoms with Gasteiger partial charge in [0, 0.05) is 0 Å². The number of rotatable bonds is 15. The highest BCUT2D eigenvalue weighted by Crippen LogP contribution is 2.26. The Morgan fingerprint density at radius 3 is 1.55 bits per heavy atom. The molecule has 1 N–H and O–H groups in total. The molecule has 0 aliphatic heterocycles. The number of carboxylic acid groups (broad SMARTS) is 1. The van der Waals surface area contributed by atoms with E-state index in [2.05, 4.69) is 13.8 Å². The maximum Gasteiger partial charge on any atom is 0.326 e. The van der Waals surface area contributed by atoms with Crippen molar-refractivity contribution in [1.29, 1.82) is 0 Å². The van der Waals surface area contributed by atoms with Crippen LogP contribution in [0.15, 0.2) is 0 Å². The molecule has 0 aliphatic rings. The van der Waals surface area contributed by atoms with Crippen LogP contribution in [-0.2, 0) is 4.79 Å². The number of hydrogen-bond donors (Lipinski definition) is 1. The minimum absolute atomic E-state index is 0.257. The number of carboxylic acids is 1. The van der Waals surface area contributed by atoms with Crippen LogP contribution in [0.2, 0.25) is 0 Å². The largest absolute Gasteiger partial charge is 0.480 e. The van der Waals surface area contributed by atoms with Crippen molar-refractivity contribution in [2.45, 2.75) is 82.6 Å². The standard InChI is InChI=1S/C16H32O2S2/c1-3-5-7-9-11-13-19-16(15(17)18)20-14-12-10-8-6-4-2/h16H,3-14H2,1-2H3,(H,17,18). The molecule has 2 nitrogen and oxygen atoms in total. The molecule has 0 amide bonds. The van der Waals surface area contributed by atoms with E-state index < -0.39 is 5.97 Å². The average Bonchev–Trinajstić information content (AvgIpc) is 2.43. The molecule has 0 unspecified atom stereocenters. The topological polar surface area (TPSA) is 37.3 Å². The van der Waals surface area contributed by atoms with Gasteiger partial charge in [-0.3, -0.25) is 4.79 Å². The van der Waals surface area contributed by atoms with Gasteiger partial charge in [0.15, 0.2) is 0 Å². The molecule has 0 spiro atoms. The summed E-state index contributed by atoms with van der Waals surface area (Å²) < 4.78 is -0.257. The van der Waals surface area contributed by atoms with Crippen LogP contribution in [0.5, 0.6) is 0 Å². The van der Waals surface area contributed by atoms with E-state index >= 15 is 0 Å². The van der Waals surface area contributed by atoms with E-state index in [9.17, 15) is 9.90 Å². The van der Waals surface area contributed by atoms with E-state index in [4.69, 9.17) is 0 Å². The molecule has 0 saturated heterocycles. The van der Waals surface area contributed by atoms with Crippen LogP contribution in [-0.4, -0.2) is 27.2 Å². The summed E-state index contributed by atoms with van der Waals surface area (Å²) in [5.41, 5.74) is 0. The molecule has 0 saturated carbocycles. The predicted octanol–water partition coefficient (Wildman–Crippen LogP) is 5.80. The van der Waals surface area contributed by atoms with Gasteiger partial charge in [0.2, 0.25) is 0 Å². The van der Waals surface area contributed by atoms with Crippen molar-refractivity contribution < 1.29 is 9.90 Å². The number of thioether (sulfide) groups is 2. The number of unbranched alkanes of at least 4 members (excludes halogenated alkanes) is 8. The summed E-state index contributed by atoms with van der Waals surface area (Å²) in [6.07, 6.45) is 12.5. The minimum Gasteiger partial charge on any atom is -0.480 e. The minimum atomic E-state index is -0.651. The zero-order valence-electron chi connectivity index (χ0n) is 13.2. The van der Waals surface area contributed by atoms with Crippen LogP contribution >= 0.6 is 23.5 Å². The third-order valence-electron chi connectivity index (χ3n) is 3.24. The number of carbonyl (C=O) groups is 1. The first-order valence-corrected chi connectivity index (χ1v) is 10.3. The van der Waals surface area contributed by atoms with Crippen LogP contribution < -0.4 is 0 Å². The second-order valence-corrected chi connectivity index (χ2v) is 7.96. The summed E-state index contributed by atoms with van der Waals surface area (Å²) in [5, 5.41) is 9.21. The van der Waals surface area contributed by atoms with Gasteiger partial charge < -0.3 is 5.11 Å². The van der Waals surface area contributed by atoms with E-state index in [1.165, 1.54) is 51.4 Å². The van der Waals surface area contributed by atoms with Crippen molar-refractivity contribution in [3.05, 3.63) is 0 Å². The highest BCUT2D eigenvalue weighted by molar-refractivity contribution is 8.18. The first-order chi connectivity index (χ1) is 9.72. The summed E-state index contributed by atoms with van der Waals surface area (Å²) in [7, 11) is 0. The van der Waals surface area contributed by atoms with Crippen LogP contribution in [0.3, 0.4) is 0 Å². The third kappa shape index (κ3) is 13.2. The Balaban J connectivity index is 3.53. The molecule has 0 radical (unpaired) electrons. The van der Waals surface area contributed by atoms with Gasteiger partial charge >= 0.3 is 5.97 Å². The summed E-state index contributed by atoms with van der Waals surface area (Å²) in [5.74, 6) is 1.33. The van der Waals surface area contributed by atoms with Gasteiger partial charge in [0.05, 0.1) is 0 Å².